The van der Waals surface area contributed by atoms with Gasteiger partial charge in [0.2, 0.25) is 11.8 Å². The summed E-state index contributed by atoms with van der Waals surface area (Å²) in [5, 5.41) is 21.4. The van der Waals surface area contributed by atoms with Gasteiger partial charge in [0.1, 0.15) is 12.1 Å². The number of hydrogen-bond acceptors (Lipinski definition) is 7. The molecule has 0 saturated carbocycles. The molecule has 0 radical (unpaired) electrons. The summed E-state index contributed by atoms with van der Waals surface area (Å²) >= 11 is 0. The van der Waals surface area contributed by atoms with Gasteiger partial charge in [-0.25, -0.2) is 9.59 Å². The van der Waals surface area contributed by atoms with Gasteiger partial charge in [0.05, 0.1) is 30.6 Å². The number of aliphatic hydroxyl groups is 1. The molecule has 6 amide bonds. The zero-order chi connectivity index (χ0) is 31.9. The topological polar surface area (TPSA) is 169 Å². The van der Waals surface area contributed by atoms with E-state index in [0.29, 0.717) is 6.54 Å². The lowest BCUT2D eigenvalue weighted by Gasteiger charge is -2.26. The summed E-state index contributed by atoms with van der Waals surface area (Å²) in [7, 11) is 3.24. The third-order valence-electron chi connectivity index (χ3n) is 6.69. The van der Waals surface area contributed by atoms with E-state index in [-0.39, 0.29) is 43.8 Å². The molecule has 2 aromatic rings. The summed E-state index contributed by atoms with van der Waals surface area (Å²) in [4.78, 5) is 62.3. The molecule has 0 aliphatic heterocycles. The number of amides is 6. The molecule has 0 aliphatic carbocycles. The summed E-state index contributed by atoms with van der Waals surface area (Å²) in [5.41, 5.74) is 1.44. The Hall–Kier alpha value is -4.26. The maximum absolute atomic E-state index is 12.8. The van der Waals surface area contributed by atoms with Gasteiger partial charge in [-0.15, -0.1) is 0 Å². The molecule has 236 valence electrons. The monoisotopic (exact) mass is 598 g/mol. The number of nitrogens with zero attached hydrogens (tertiary/aromatic N) is 4. The summed E-state index contributed by atoms with van der Waals surface area (Å²) in [6, 6.07) is 8.47. The number of urea groups is 2. The van der Waals surface area contributed by atoms with E-state index in [2.05, 4.69) is 31.2 Å². The molecule has 5 N–H and O–H groups in total. The van der Waals surface area contributed by atoms with Crippen molar-refractivity contribution in [2.24, 2.45) is 11.8 Å². The SMILES string of the molecule is CC(C)C(NC(=O)N(C)Cc1ccccn1)C(=O)NCC[C@H](O)CNC(=O)C(NC(=O)N(C)Cc1ccccn1)C(C)C. The second kappa shape index (κ2) is 17.6. The highest BCUT2D eigenvalue weighted by atomic mass is 16.3. The van der Waals surface area contributed by atoms with Gasteiger partial charge in [-0.05, 0) is 42.5 Å². The Bertz CT molecular complexity index is 1170. The number of nitrogens with one attached hydrogen (secondary N) is 4. The van der Waals surface area contributed by atoms with E-state index in [0.717, 1.165) is 11.4 Å². The van der Waals surface area contributed by atoms with E-state index >= 15 is 0 Å². The Kier molecular flexibility index (Phi) is 14.3. The summed E-state index contributed by atoms with van der Waals surface area (Å²) < 4.78 is 0. The second-order valence-corrected chi connectivity index (χ2v) is 11.2. The third-order valence-corrected chi connectivity index (χ3v) is 6.69. The molecule has 0 aromatic carbocycles. The van der Waals surface area contributed by atoms with Gasteiger partial charge in [-0.3, -0.25) is 19.6 Å². The predicted octanol–water partition coefficient (Wildman–Crippen LogP) is 1.49. The van der Waals surface area contributed by atoms with Gasteiger partial charge >= 0.3 is 12.1 Å². The normalized spacial score (nSPS) is 13.0. The fourth-order valence-corrected chi connectivity index (χ4v) is 4.07. The minimum absolute atomic E-state index is 0.0553. The Labute approximate surface area is 253 Å². The predicted molar refractivity (Wildman–Crippen MR) is 162 cm³/mol. The van der Waals surface area contributed by atoms with Crippen LogP contribution in [0.2, 0.25) is 0 Å². The third kappa shape index (κ3) is 12.2. The first kappa shape index (κ1) is 34.9. The van der Waals surface area contributed by atoms with Crippen LogP contribution >= 0.6 is 0 Å². The van der Waals surface area contributed by atoms with Crippen LogP contribution in [0, 0.1) is 11.8 Å². The number of aromatic nitrogens is 2. The number of carbonyl (C=O) groups excluding carboxylic acids is 4. The highest BCUT2D eigenvalue weighted by molar-refractivity contribution is 5.88. The van der Waals surface area contributed by atoms with Crippen molar-refractivity contribution in [1.29, 1.82) is 0 Å². The molecule has 2 heterocycles. The molecule has 0 aliphatic rings. The Morgan fingerprint density at radius 1 is 0.744 bits per heavy atom. The maximum atomic E-state index is 12.8. The van der Waals surface area contributed by atoms with Crippen molar-refractivity contribution >= 4 is 23.9 Å². The van der Waals surface area contributed by atoms with Crippen LogP contribution < -0.4 is 21.3 Å². The standard InChI is InChI=1S/C30H46N8O5/c1-20(2)25(35-29(42)37(5)18-22-11-7-9-14-31-22)27(40)33-16-13-24(39)17-34-28(41)26(21(3)4)36-30(43)38(6)19-23-12-8-10-15-32-23/h7-12,14-15,20-21,24-26,39H,13,16-19H2,1-6H3,(H,33,40)(H,34,41)(H,35,42)(H,36,43)/t24-,25?,26?/m0/s1. The lowest BCUT2D eigenvalue weighted by atomic mass is 10.0. The molecule has 13 heteroatoms. The lowest BCUT2D eigenvalue weighted by Crippen LogP contribution is -2.54. The second-order valence-electron chi connectivity index (χ2n) is 11.2. The highest BCUT2D eigenvalue weighted by Crippen LogP contribution is 2.07. The van der Waals surface area contributed by atoms with Crippen molar-refractivity contribution in [3.05, 3.63) is 60.2 Å². The molecule has 43 heavy (non-hydrogen) atoms. The van der Waals surface area contributed by atoms with Crippen molar-refractivity contribution in [3.8, 4) is 0 Å². The molecular weight excluding hydrogens is 552 g/mol. The van der Waals surface area contributed by atoms with Gasteiger partial charge < -0.3 is 36.2 Å². The van der Waals surface area contributed by atoms with Gasteiger partial charge in [-0.2, -0.15) is 0 Å². The Morgan fingerprint density at radius 3 is 1.58 bits per heavy atom. The molecule has 13 nitrogen and oxygen atoms in total. The quantitative estimate of drug-likeness (QED) is 0.207. The van der Waals surface area contributed by atoms with E-state index in [4.69, 9.17) is 0 Å². The van der Waals surface area contributed by atoms with E-state index in [1.54, 1.807) is 38.6 Å². The number of hydrogen-bond donors (Lipinski definition) is 5. The molecule has 2 unspecified atom stereocenters. The van der Waals surface area contributed by atoms with Crippen molar-refractivity contribution in [2.45, 2.75) is 65.4 Å². The van der Waals surface area contributed by atoms with Crippen LogP contribution in [0.4, 0.5) is 9.59 Å². The minimum Gasteiger partial charge on any atom is -0.391 e. The summed E-state index contributed by atoms with van der Waals surface area (Å²) in [5.74, 6) is -1.17. The number of pyridine rings is 2. The first-order valence-corrected chi connectivity index (χ1v) is 14.5. The van der Waals surface area contributed by atoms with Crippen molar-refractivity contribution < 1.29 is 24.3 Å². The molecule has 0 bridgehead atoms. The fourth-order valence-electron chi connectivity index (χ4n) is 4.07. The Morgan fingerprint density at radius 2 is 1.19 bits per heavy atom. The zero-order valence-corrected chi connectivity index (χ0v) is 25.9. The van der Waals surface area contributed by atoms with Gasteiger partial charge in [0, 0.05) is 39.6 Å². The van der Waals surface area contributed by atoms with Crippen LogP contribution in [0.15, 0.2) is 48.8 Å². The number of carbonyl (C=O) groups is 4. The summed E-state index contributed by atoms with van der Waals surface area (Å²) in [6.07, 6.45) is 2.54. The first-order chi connectivity index (χ1) is 20.4. The highest BCUT2D eigenvalue weighted by Gasteiger charge is 2.27. The maximum Gasteiger partial charge on any atom is 0.318 e. The van der Waals surface area contributed by atoms with Crippen LogP contribution in [0.25, 0.3) is 0 Å². The Balaban J connectivity index is 1.78. The molecular formula is C30H46N8O5. The van der Waals surface area contributed by atoms with Crippen LogP contribution in [-0.2, 0) is 22.7 Å². The van der Waals surface area contributed by atoms with E-state index in [1.807, 2.05) is 52.0 Å². The lowest BCUT2D eigenvalue weighted by molar-refractivity contribution is -0.125. The molecule has 0 fully saturated rings. The molecule has 2 aromatic heterocycles. The molecule has 2 rings (SSSR count). The van der Waals surface area contributed by atoms with E-state index < -0.39 is 36.2 Å². The van der Waals surface area contributed by atoms with Crippen molar-refractivity contribution in [3.63, 3.8) is 0 Å². The number of aliphatic hydroxyl groups excluding tert-OH is 1. The number of rotatable bonds is 15. The first-order valence-electron chi connectivity index (χ1n) is 14.5. The smallest absolute Gasteiger partial charge is 0.318 e. The average molecular weight is 599 g/mol. The van der Waals surface area contributed by atoms with Crippen LogP contribution in [0.3, 0.4) is 0 Å². The van der Waals surface area contributed by atoms with Crippen LogP contribution in [-0.4, -0.2) is 94.1 Å². The molecule has 3 atom stereocenters. The van der Waals surface area contributed by atoms with Crippen LogP contribution in [0.5, 0.6) is 0 Å². The van der Waals surface area contributed by atoms with Gasteiger partial charge in [0.15, 0.2) is 0 Å². The van der Waals surface area contributed by atoms with Gasteiger partial charge in [-0.1, -0.05) is 39.8 Å². The zero-order valence-electron chi connectivity index (χ0n) is 25.9. The minimum atomic E-state index is -0.934. The molecule has 0 saturated heterocycles. The van der Waals surface area contributed by atoms with Gasteiger partial charge in [0.25, 0.3) is 0 Å². The fraction of sp³-hybridized carbons (Fsp3) is 0.533. The van der Waals surface area contributed by atoms with Crippen LogP contribution in [0.1, 0.15) is 45.5 Å². The largest absolute Gasteiger partial charge is 0.391 e. The molecule has 0 spiro atoms. The van der Waals surface area contributed by atoms with Crippen molar-refractivity contribution in [1.82, 2.24) is 41.0 Å². The van der Waals surface area contributed by atoms with Crippen molar-refractivity contribution in [2.75, 3.05) is 27.2 Å². The summed E-state index contributed by atoms with van der Waals surface area (Å²) in [6.45, 7) is 7.95. The van der Waals surface area contributed by atoms with E-state index in [9.17, 15) is 24.3 Å². The van der Waals surface area contributed by atoms with E-state index in [1.165, 1.54) is 9.80 Å². The average Bonchev–Trinajstić information content (AvgIpc) is 2.97.